The van der Waals surface area contributed by atoms with Crippen LogP contribution in [-0.2, 0) is 0 Å². The van der Waals surface area contributed by atoms with Gasteiger partial charge in [-0.2, -0.15) is 5.26 Å². The Balaban J connectivity index is 2.18. The average molecular weight is 283 g/mol. The molecular weight excluding hydrogens is 262 g/mol. The Bertz CT molecular complexity index is 570. The highest BCUT2D eigenvalue weighted by atomic mass is 16.3. The maximum atomic E-state index is 9.48. The number of furan rings is 1. The third-order valence-electron chi connectivity index (χ3n) is 3.83. The zero-order valence-corrected chi connectivity index (χ0v) is 12.4. The van der Waals surface area contributed by atoms with Crippen LogP contribution in [0.2, 0.25) is 0 Å². The first kappa shape index (κ1) is 15.1. The van der Waals surface area contributed by atoms with Gasteiger partial charge >= 0.3 is 0 Å². The van der Waals surface area contributed by atoms with Gasteiger partial charge in [0.05, 0.1) is 6.26 Å². The summed E-state index contributed by atoms with van der Waals surface area (Å²) in [5, 5.41) is 12.9. The molecule has 1 N–H and O–H groups in total. The molecule has 1 fully saturated rings. The topological polar surface area (TPSA) is 61.3 Å². The van der Waals surface area contributed by atoms with Crippen molar-refractivity contribution in [2.24, 2.45) is 10.9 Å². The largest absolute Gasteiger partial charge is 0.463 e. The van der Waals surface area contributed by atoms with Crippen molar-refractivity contribution in [3.63, 3.8) is 0 Å². The average Bonchev–Trinajstić information content (AvgIpc) is 3.18. The summed E-state index contributed by atoms with van der Waals surface area (Å²) >= 11 is 0. The van der Waals surface area contributed by atoms with Crippen LogP contribution >= 0.6 is 0 Å². The van der Waals surface area contributed by atoms with Gasteiger partial charge in [0.15, 0.2) is 5.76 Å². The molecule has 1 heterocycles. The van der Waals surface area contributed by atoms with Crippen molar-refractivity contribution >= 4 is 5.71 Å². The Kier molecular flexibility index (Phi) is 5.39. The molecule has 2 rings (SSSR count). The first-order valence-corrected chi connectivity index (χ1v) is 7.34. The van der Waals surface area contributed by atoms with Crippen LogP contribution in [0.4, 0.5) is 0 Å². The maximum Gasteiger partial charge on any atom is 0.153 e. The van der Waals surface area contributed by atoms with E-state index in [1.54, 1.807) is 18.4 Å². The third-order valence-corrected chi connectivity index (χ3v) is 3.83. The highest BCUT2D eigenvalue weighted by Gasteiger charge is 2.18. The first-order chi connectivity index (χ1) is 10.3. The monoisotopic (exact) mass is 283 g/mol. The molecule has 0 atom stereocenters. The highest BCUT2D eigenvalue weighted by Crippen LogP contribution is 2.24. The molecule has 0 bridgehead atoms. The lowest BCUT2D eigenvalue weighted by molar-refractivity contribution is 0.517. The van der Waals surface area contributed by atoms with E-state index in [2.05, 4.69) is 23.0 Å². The SMILES string of the molecule is C=CN=C(/C(C#N)=C(\C)NCC1CCCC1)c1ccco1. The summed E-state index contributed by atoms with van der Waals surface area (Å²) in [6, 6.07) is 5.81. The van der Waals surface area contributed by atoms with E-state index in [4.69, 9.17) is 4.42 Å². The normalized spacial score (nSPS) is 17.2. The standard InChI is InChI=1S/C17H21N3O/c1-3-19-17(16-9-6-10-21-16)15(11-18)13(2)20-12-14-7-4-5-8-14/h3,6,9-10,14,20H,1,4-5,7-8,12H2,2H3/b15-13+,19-17?. The van der Waals surface area contributed by atoms with Gasteiger partial charge in [0.25, 0.3) is 0 Å². The van der Waals surface area contributed by atoms with Crippen molar-refractivity contribution in [2.75, 3.05) is 6.54 Å². The molecule has 1 aliphatic rings. The zero-order chi connectivity index (χ0) is 15.1. The second-order valence-electron chi connectivity index (χ2n) is 5.28. The first-order valence-electron chi connectivity index (χ1n) is 7.34. The zero-order valence-electron chi connectivity index (χ0n) is 12.4. The minimum Gasteiger partial charge on any atom is -0.463 e. The van der Waals surface area contributed by atoms with Crippen LogP contribution in [0.5, 0.6) is 0 Å². The summed E-state index contributed by atoms with van der Waals surface area (Å²) in [6.07, 6.45) is 8.18. The molecule has 1 saturated carbocycles. The second-order valence-corrected chi connectivity index (χ2v) is 5.28. The van der Waals surface area contributed by atoms with Crippen LogP contribution in [0.1, 0.15) is 38.4 Å². The van der Waals surface area contributed by atoms with Crippen molar-refractivity contribution < 1.29 is 4.42 Å². The molecule has 4 heteroatoms. The molecule has 1 aromatic heterocycles. The van der Waals surface area contributed by atoms with Gasteiger partial charge in [0, 0.05) is 18.4 Å². The van der Waals surface area contributed by atoms with E-state index in [0.29, 0.717) is 23.0 Å². The Hall–Kier alpha value is -2.28. The molecule has 21 heavy (non-hydrogen) atoms. The van der Waals surface area contributed by atoms with E-state index >= 15 is 0 Å². The number of nitrogens with one attached hydrogen (secondary N) is 1. The number of nitriles is 1. The molecule has 0 spiro atoms. The molecule has 1 aromatic rings. The van der Waals surface area contributed by atoms with E-state index in [0.717, 1.165) is 12.2 Å². The smallest absolute Gasteiger partial charge is 0.153 e. The predicted molar refractivity (Wildman–Crippen MR) is 83.7 cm³/mol. The van der Waals surface area contributed by atoms with Crippen molar-refractivity contribution in [3.8, 4) is 6.07 Å². The third kappa shape index (κ3) is 3.85. The molecule has 4 nitrogen and oxygen atoms in total. The lowest BCUT2D eigenvalue weighted by Crippen LogP contribution is -2.22. The van der Waals surface area contributed by atoms with Crippen molar-refractivity contribution in [2.45, 2.75) is 32.6 Å². The number of aliphatic imine (C=N–C) groups is 1. The van der Waals surface area contributed by atoms with E-state index in [1.165, 1.54) is 31.9 Å². The minimum atomic E-state index is 0.503. The van der Waals surface area contributed by atoms with Gasteiger partial charge in [-0.15, -0.1) is 0 Å². The van der Waals surface area contributed by atoms with Crippen molar-refractivity contribution in [1.82, 2.24) is 5.32 Å². The van der Waals surface area contributed by atoms with Crippen LogP contribution in [0.15, 0.2) is 51.9 Å². The predicted octanol–water partition coefficient (Wildman–Crippen LogP) is 3.79. The fraction of sp³-hybridized carbons (Fsp3) is 0.412. The summed E-state index contributed by atoms with van der Waals surface area (Å²) in [6.45, 7) is 6.44. The van der Waals surface area contributed by atoms with Gasteiger partial charge in [0.1, 0.15) is 17.4 Å². The van der Waals surface area contributed by atoms with Crippen molar-refractivity contribution in [1.29, 1.82) is 5.26 Å². The summed E-state index contributed by atoms with van der Waals surface area (Å²) < 4.78 is 5.37. The Morgan fingerprint density at radius 2 is 2.33 bits per heavy atom. The summed E-state index contributed by atoms with van der Waals surface area (Å²) in [7, 11) is 0. The molecule has 110 valence electrons. The molecule has 1 aliphatic carbocycles. The van der Waals surface area contributed by atoms with Gasteiger partial charge in [-0.25, -0.2) is 0 Å². The van der Waals surface area contributed by atoms with Gasteiger partial charge in [-0.1, -0.05) is 19.4 Å². The van der Waals surface area contributed by atoms with E-state index in [1.807, 2.05) is 6.92 Å². The number of allylic oxidation sites excluding steroid dienone is 2. The summed E-state index contributed by atoms with van der Waals surface area (Å²) in [5.41, 5.74) is 1.86. The molecule has 0 amide bonds. The van der Waals surface area contributed by atoms with E-state index in [-0.39, 0.29) is 0 Å². The quantitative estimate of drug-likeness (QED) is 0.638. The van der Waals surface area contributed by atoms with Gasteiger partial charge < -0.3 is 9.73 Å². The van der Waals surface area contributed by atoms with Gasteiger partial charge in [-0.05, 0) is 37.8 Å². The minimum absolute atomic E-state index is 0.503. The lowest BCUT2D eigenvalue weighted by Gasteiger charge is -2.14. The fourth-order valence-corrected chi connectivity index (χ4v) is 2.67. The summed E-state index contributed by atoms with van der Waals surface area (Å²) in [4.78, 5) is 4.21. The lowest BCUT2D eigenvalue weighted by atomic mass is 10.1. The number of rotatable bonds is 6. The fourth-order valence-electron chi connectivity index (χ4n) is 2.67. The summed E-state index contributed by atoms with van der Waals surface area (Å²) in [5.74, 6) is 1.29. The highest BCUT2D eigenvalue weighted by molar-refractivity contribution is 6.14. The van der Waals surface area contributed by atoms with E-state index in [9.17, 15) is 5.26 Å². The van der Waals surface area contributed by atoms with Gasteiger partial charge in [0.2, 0.25) is 0 Å². The molecule has 0 aliphatic heterocycles. The Morgan fingerprint density at radius 1 is 1.57 bits per heavy atom. The van der Waals surface area contributed by atoms with Crippen LogP contribution in [0.3, 0.4) is 0 Å². The van der Waals surface area contributed by atoms with Crippen molar-refractivity contribution in [3.05, 3.63) is 48.2 Å². The van der Waals surface area contributed by atoms with Crippen LogP contribution in [-0.4, -0.2) is 12.3 Å². The van der Waals surface area contributed by atoms with Crippen LogP contribution in [0, 0.1) is 17.2 Å². The molecule has 0 radical (unpaired) electrons. The van der Waals surface area contributed by atoms with E-state index < -0.39 is 0 Å². The number of nitrogens with zero attached hydrogens (tertiary/aromatic N) is 2. The number of hydrogen-bond acceptors (Lipinski definition) is 4. The Labute approximate surface area is 125 Å². The molecule has 0 saturated heterocycles. The maximum absolute atomic E-state index is 9.48. The molecule has 0 aromatic carbocycles. The molecule has 0 unspecified atom stereocenters. The number of hydrogen-bond donors (Lipinski definition) is 1. The Morgan fingerprint density at radius 3 is 2.90 bits per heavy atom. The molecular formula is C17H21N3O. The second kappa shape index (κ2) is 7.49. The van der Waals surface area contributed by atoms with Crippen LogP contribution < -0.4 is 5.32 Å². The van der Waals surface area contributed by atoms with Crippen LogP contribution in [0.25, 0.3) is 0 Å². The van der Waals surface area contributed by atoms with Gasteiger partial charge in [-0.3, -0.25) is 4.99 Å².